The predicted octanol–water partition coefficient (Wildman–Crippen LogP) is -1.41. The molecule has 0 unspecified atom stereocenters. The van der Waals surface area contributed by atoms with Crippen LogP contribution in [0, 0.1) is 0 Å². The number of ether oxygens (including phenoxy) is 3. The Morgan fingerprint density at radius 2 is 1.49 bits per heavy atom. The second kappa shape index (κ2) is 11.2. The Morgan fingerprint density at radius 1 is 0.829 bits per heavy atom. The summed E-state index contributed by atoms with van der Waals surface area (Å²) < 4.78 is 22.2. The first kappa shape index (κ1) is 29.2. The molecule has 2 aliphatic heterocycles. The molecule has 0 bridgehead atoms. The van der Waals surface area contributed by atoms with Gasteiger partial charge in [0.1, 0.15) is 82.8 Å². The first-order valence-electron chi connectivity index (χ1n) is 12.7. The Labute approximate surface area is 231 Å². The molecule has 10 atom stereocenters. The molecular formula is C27H30O14. The zero-order valence-electron chi connectivity index (χ0n) is 21.5. The molecule has 0 spiro atoms. The Kier molecular flexibility index (Phi) is 7.95. The maximum atomic E-state index is 13.1. The van der Waals surface area contributed by atoms with E-state index in [-0.39, 0.29) is 22.5 Å². The van der Waals surface area contributed by atoms with Gasteiger partial charge in [0, 0.05) is 17.7 Å². The van der Waals surface area contributed by atoms with Gasteiger partial charge in [-0.2, -0.15) is 0 Å². The third kappa shape index (κ3) is 5.14. The summed E-state index contributed by atoms with van der Waals surface area (Å²) in [5.74, 6) is -1.14. The normalized spacial score (nSPS) is 34.0. The summed E-state index contributed by atoms with van der Waals surface area (Å²) in [4.78, 5) is 13.1. The van der Waals surface area contributed by atoms with Crippen LogP contribution in [0.15, 0.2) is 45.6 Å². The molecule has 3 aromatic rings. The molecule has 2 aliphatic rings. The molecule has 0 aliphatic carbocycles. The molecule has 2 fully saturated rings. The van der Waals surface area contributed by atoms with Crippen LogP contribution in [0.1, 0.15) is 18.6 Å². The number of fused-ring (bicyclic) bond motifs is 1. The van der Waals surface area contributed by atoms with E-state index >= 15 is 0 Å². The Balaban J connectivity index is 1.43. The molecule has 222 valence electrons. The van der Waals surface area contributed by atoms with Crippen molar-refractivity contribution in [3.05, 3.63) is 52.2 Å². The Morgan fingerprint density at radius 3 is 2.15 bits per heavy atom. The van der Waals surface area contributed by atoms with Crippen molar-refractivity contribution in [1.29, 1.82) is 0 Å². The average molecular weight is 579 g/mol. The Hall–Kier alpha value is -3.31. The highest BCUT2D eigenvalue weighted by Crippen LogP contribution is 2.44. The standard InChI is InChI=1S/C27H30O14/c1-9-19(31)22(34)25(37)27(38-9)39-11-4-2-10(3-5-11)14-6-12(29)17-15(40-14)7-13(30)18(21(17)33)26-24(36)23(35)20(32)16(8-28)41-26/h2-7,9,16,19-20,22-28,30-37H,8H2,1H3/t9-,16+,19-,20+,22+,23-,24+,25+,26+,27+/m0/s1. The lowest BCUT2D eigenvalue weighted by atomic mass is 9.89. The van der Waals surface area contributed by atoms with Crippen molar-refractivity contribution in [2.45, 2.75) is 68.1 Å². The van der Waals surface area contributed by atoms with Gasteiger partial charge < -0.3 is 64.6 Å². The van der Waals surface area contributed by atoms with Gasteiger partial charge in [-0.1, -0.05) is 0 Å². The number of aromatic hydroxyl groups is 2. The molecule has 2 aromatic carbocycles. The van der Waals surface area contributed by atoms with Gasteiger partial charge in [0.05, 0.1) is 18.3 Å². The minimum atomic E-state index is -1.81. The predicted molar refractivity (Wildman–Crippen MR) is 137 cm³/mol. The molecule has 14 heteroatoms. The lowest BCUT2D eigenvalue weighted by Gasteiger charge is -2.40. The van der Waals surface area contributed by atoms with E-state index in [1.54, 1.807) is 0 Å². The van der Waals surface area contributed by atoms with E-state index in [4.69, 9.17) is 18.6 Å². The largest absolute Gasteiger partial charge is 0.507 e. The smallest absolute Gasteiger partial charge is 0.229 e. The summed E-state index contributed by atoms with van der Waals surface area (Å²) in [6.07, 6.45) is -14.5. The molecule has 14 nitrogen and oxygen atoms in total. The number of phenolic OH excluding ortho intramolecular Hbond substituents is 2. The number of aliphatic hydroxyl groups is 7. The SMILES string of the molecule is C[C@@H]1O[C@H](Oc2ccc(-c3cc(=O)c4c(O)c([C@H]5O[C@H](CO)[C@@H](O)[C@H](O)[C@H]5O)c(O)cc4o3)cc2)[C@H](O)[C@H](O)[C@H]1O. The van der Waals surface area contributed by atoms with Crippen LogP contribution in [0.5, 0.6) is 17.2 Å². The molecule has 0 amide bonds. The summed E-state index contributed by atoms with van der Waals surface area (Å²) >= 11 is 0. The Bertz CT molecular complexity index is 1450. The fourth-order valence-electron chi connectivity index (χ4n) is 5.01. The van der Waals surface area contributed by atoms with Crippen LogP contribution in [-0.4, -0.2) is 108 Å². The molecule has 9 N–H and O–H groups in total. The minimum absolute atomic E-state index is 0.0505. The van der Waals surface area contributed by atoms with Gasteiger partial charge in [-0.25, -0.2) is 0 Å². The lowest BCUT2D eigenvalue weighted by Crippen LogP contribution is -2.58. The molecule has 41 heavy (non-hydrogen) atoms. The highest BCUT2D eigenvalue weighted by atomic mass is 16.7. The van der Waals surface area contributed by atoms with Gasteiger partial charge in [-0.05, 0) is 31.2 Å². The van der Waals surface area contributed by atoms with Gasteiger partial charge >= 0.3 is 0 Å². The fraction of sp³-hybridized carbons (Fsp3) is 0.444. The van der Waals surface area contributed by atoms with Crippen LogP contribution >= 0.6 is 0 Å². The highest BCUT2D eigenvalue weighted by molar-refractivity contribution is 5.88. The van der Waals surface area contributed by atoms with Gasteiger partial charge in [-0.3, -0.25) is 4.79 Å². The maximum Gasteiger partial charge on any atom is 0.229 e. The van der Waals surface area contributed by atoms with Crippen molar-refractivity contribution < 1.29 is 64.6 Å². The van der Waals surface area contributed by atoms with E-state index in [1.807, 2.05) is 0 Å². The van der Waals surface area contributed by atoms with Crippen molar-refractivity contribution in [2.75, 3.05) is 6.61 Å². The number of hydrogen-bond donors (Lipinski definition) is 9. The number of rotatable bonds is 5. The minimum Gasteiger partial charge on any atom is -0.507 e. The van der Waals surface area contributed by atoms with Crippen molar-refractivity contribution in [2.24, 2.45) is 0 Å². The van der Waals surface area contributed by atoms with Crippen molar-refractivity contribution in [3.63, 3.8) is 0 Å². The van der Waals surface area contributed by atoms with Gasteiger partial charge in [0.15, 0.2) is 5.43 Å². The van der Waals surface area contributed by atoms with E-state index in [9.17, 15) is 50.8 Å². The summed E-state index contributed by atoms with van der Waals surface area (Å²) in [7, 11) is 0. The number of phenols is 2. The van der Waals surface area contributed by atoms with Gasteiger partial charge in [-0.15, -0.1) is 0 Å². The topological polar surface area (TPSA) is 240 Å². The van der Waals surface area contributed by atoms with Crippen molar-refractivity contribution >= 4 is 11.0 Å². The molecule has 0 saturated carbocycles. The third-order valence-electron chi connectivity index (χ3n) is 7.39. The van der Waals surface area contributed by atoms with Crippen LogP contribution in [0.25, 0.3) is 22.3 Å². The summed E-state index contributed by atoms with van der Waals surface area (Å²) in [6, 6.07) is 8.11. The van der Waals surface area contributed by atoms with Gasteiger partial charge in [0.25, 0.3) is 0 Å². The first-order chi connectivity index (χ1) is 19.4. The monoisotopic (exact) mass is 578 g/mol. The zero-order valence-corrected chi connectivity index (χ0v) is 21.5. The van der Waals surface area contributed by atoms with Crippen molar-refractivity contribution in [3.8, 4) is 28.6 Å². The summed E-state index contributed by atoms with van der Waals surface area (Å²) in [6.45, 7) is 0.785. The number of benzene rings is 2. The number of hydrogen-bond acceptors (Lipinski definition) is 14. The van der Waals surface area contributed by atoms with Crippen LogP contribution in [-0.2, 0) is 9.47 Å². The molecule has 0 radical (unpaired) electrons. The molecule has 1 aromatic heterocycles. The zero-order chi connectivity index (χ0) is 29.7. The molecule has 5 rings (SSSR count). The third-order valence-corrected chi connectivity index (χ3v) is 7.39. The van der Waals surface area contributed by atoms with Crippen molar-refractivity contribution in [1.82, 2.24) is 0 Å². The van der Waals surface area contributed by atoms with E-state index in [2.05, 4.69) is 0 Å². The van der Waals surface area contributed by atoms with E-state index in [1.165, 1.54) is 31.2 Å². The fourth-order valence-corrected chi connectivity index (χ4v) is 5.01. The lowest BCUT2D eigenvalue weighted by molar-refractivity contribution is -0.268. The summed E-state index contributed by atoms with van der Waals surface area (Å²) in [5.41, 5.74) is -0.973. The van der Waals surface area contributed by atoms with Crippen LogP contribution in [0.4, 0.5) is 0 Å². The second-order valence-electron chi connectivity index (χ2n) is 10.1. The first-order valence-corrected chi connectivity index (χ1v) is 12.7. The quantitative estimate of drug-likeness (QED) is 0.169. The van der Waals surface area contributed by atoms with Crippen LogP contribution < -0.4 is 10.2 Å². The van der Waals surface area contributed by atoms with Crippen LogP contribution in [0.2, 0.25) is 0 Å². The molecule has 3 heterocycles. The van der Waals surface area contributed by atoms with E-state index < -0.39 is 90.3 Å². The second-order valence-corrected chi connectivity index (χ2v) is 10.1. The van der Waals surface area contributed by atoms with E-state index in [0.29, 0.717) is 5.56 Å². The van der Waals surface area contributed by atoms with Crippen LogP contribution in [0.3, 0.4) is 0 Å². The van der Waals surface area contributed by atoms with E-state index in [0.717, 1.165) is 12.1 Å². The molecular weight excluding hydrogens is 548 g/mol. The molecule has 2 saturated heterocycles. The summed E-state index contributed by atoms with van der Waals surface area (Å²) in [5, 5.41) is 91.2. The maximum absolute atomic E-state index is 13.1. The average Bonchev–Trinajstić information content (AvgIpc) is 2.94. The van der Waals surface area contributed by atoms with Gasteiger partial charge in [0.2, 0.25) is 6.29 Å². The number of aliphatic hydroxyl groups excluding tert-OH is 7. The highest BCUT2D eigenvalue weighted by Gasteiger charge is 2.46.